The minimum Gasteiger partial charge on any atom is -0.756 e. The third-order valence-electron chi connectivity index (χ3n) is 7.97. The highest BCUT2D eigenvalue weighted by molar-refractivity contribution is 7.45. The Hall–Kier alpha value is -1.51. The lowest BCUT2D eigenvalue weighted by atomic mass is 10.1. The molecule has 9 nitrogen and oxygen atoms in total. The van der Waals surface area contributed by atoms with Crippen LogP contribution in [0, 0.1) is 0 Å². The van der Waals surface area contributed by atoms with Crippen LogP contribution in [0.15, 0.2) is 24.3 Å². The van der Waals surface area contributed by atoms with E-state index in [1.807, 2.05) is 21.1 Å². The molecule has 0 rings (SSSR count). The van der Waals surface area contributed by atoms with Gasteiger partial charge in [-0.15, -0.1) is 0 Å². The molecule has 0 aromatic rings. The Labute approximate surface area is 294 Å². The number of phosphoric ester groups is 1. The highest BCUT2D eigenvalue weighted by atomic mass is 31.2. The molecule has 0 saturated heterocycles. The summed E-state index contributed by atoms with van der Waals surface area (Å²) in [6, 6.07) is 0. The molecule has 0 spiro atoms. The molecule has 0 aromatic carbocycles. The van der Waals surface area contributed by atoms with Gasteiger partial charge in [0.1, 0.15) is 19.8 Å². The fraction of sp³-hybridized carbons (Fsp3) is 0.842. The number of rotatable bonds is 34. The average Bonchev–Trinajstić information content (AvgIpc) is 3.02. The van der Waals surface area contributed by atoms with E-state index in [0.717, 1.165) is 64.2 Å². The van der Waals surface area contributed by atoms with E-state index in [1.165, 1.54) is 57.8 Å². The summed E-state index contributed by atoms with van der Waals surface area (Å²) in [6.07, 6.45) is 30.9. The van der Waals surface area contributed by atoms with Crippen molar-refractivity contribution < 1.29 is 42.1 Å². The molecule has 48 heavy (non-hydrogen) atoms. The van der Waals surface area contributed by atoms with Crippen molar-refractivity contribution in [1.29, 1.82) is 0 Å². The summed E-state index contributed by atoms with van der Waals surface area (Å²) in [5, 5.41) is 0. The summed E-state index contributed by atoms with van der Waals surface area (Å²) in [6.45, 7) is 4.11. The predicted octanol–water partition coefficient (Wildman–Crippen LogP) is 9.38. The van der Waals surface area contributed by atoms with Gasteiger partial charge in [0.25, 0.3) is 7.82 Å². The van der Waals surface area contributed by atoms with Crippen LogP contribution in [-0.2, 0) is 32.7 Å². The number of quaternary nitrogens is 1. The maximum atomic E-state index is 12.6. The van der Waals surface area contributed by atoms with Gasteiger partial charge < -0.3 is 27.9 Å². The number of allylic oxidation sites excluding steroid dienone is 4. The molecular weight excluding hydrogens is 629 g/mol. The second-order valence-corrected chi connectivity index (χ2v) is 15.4. The highest BCUT2D eigenvalue weighted by Gasteiger charge is 2.21. The van der Waals surface area contributed by atoms with Gasteiger partial charge in [0.15, 0.2) is 6.10 Å². The lowest BCUT2D eigenvalue weighted by Gasteiger charge is -2.28. The van der Waals surface area contributed by atoms with Crippen LogP contribution in [0.4, 0.5) is 0 Å². The molecule has 0 heterocycles. The van der Waals surface area contributed by atoms with E-state index >= 15 is 0 Å². The molecule has 2 unspecified atom stereocenters. The quantitative estimate of drug-likeness (QED) is 0.0215. The number of nitrogens with zero attached hydrogens (tertiary/aromatic N) is 1. The van der Waals surface area contributed by atoms with Gasteiger partial charge >= 0.3 is 11.9 Å². The zero-order valence-electron chi connectivity index (χ0n) is 31.4. The second kappa shape index (κ2) is 31.5. The van der Waals surface area contributed by atoms with Crippen molar-refractivity contribution in [3.63, 3.8) is 0 Å². The number of carbonyl (C=O) groups is 2. The molecule has 0 N–H and O–H groups in total. The number of carbonyl (C=O) groups excluding carboxylic acids is 2. The van der Waals surface area contributed by atoms with E-state index in [9.17, 15) is 19.0 Å². The third kappa shape index (κ3) is 34.4. The molecule has 0 aliphatic carbocycles. The SMILES string of the molecule is CCCCCC/C=C\C/C=C\CCCCCCCCCC(=O)OC(COC(=O)CCCCCCCC)COP(=O)([O-])OCC[N+](C)(C)C. The molecule has 0 aliphatic heterocycles. The largest absolute Gasteiger partial charge is 0.756 e. The van der Waals surface area contributed by atoms with Gasteiger partial charge in [-0.1, -0.05) is 122 Å². The summed E-state index contributed by atoms with van der Waals surface area (Å²) in [5.41, 5.74) is 0. The van der Waals surface area contributed by atoms with E-state index in [1.54, 1.807) is 0 Å². The Balaban J connectivity index is 4.32. The van der Waals surface area contributed by atoms with Crippen molar-refractivity contribution in [1.82, 2.24) is 0 Å². The minimum atomic E-state index is -4.61. The maximum Gasteiger partial charge on any atom is 0.306 e. The number of likely N-dealkylation sites (N-methyl/N-ethyl adjacent to an activating group) is 1. The Kier molecular flexibility index (Phi) is 30.5. The molecule has 282 valence electrons. The van der Waals surface area contributed by atoms with Crippen LogP contribution < -0.4 is 4.89 Å². The average molecular weight is 702 g/mol. The van der Waals surface area contributed by atoms with Crippen molar-refractivity contribution in [2.45, 2.75) is 161 Å². The standard InChI is InChI=1S/C38H72NO8P/c1-6-8-10-12-14-15-16-17-18-19-20-21-22-23-24-25-27-29-31-38(41)47-36(34-44-37(40)30-28-26-13-11-9-7-2)35-46-48(42,43)45-33-32-39(3,4)5/h15-16,18-19,36H,6-14,17,20-35H2,1-5H3/b16-15-,19-18-. The molecule has 0 saturated carbocycles. The maximum absolute atomic E-state index is 12.6. The number of phosphoric acid groups is 1. The van der Waals surface area contributed by atoms with Gasteiger partial charge in [-0.3, -0.25) is 14.2 Å². The smallest absolute Gasteiger partial charge is 0.306 e. The lowest BCUT2D eigenvalue weighted by Crippen LogP contribution is -2.37. The molecule has 0 radical (unpaired) electrons. The van der Waals surface area contributed by atoms with E-state index in [0.29, 0.717) is 17.4 Å². The second-order valence-electron chi connectivity index (χ2n) is 13.9. The first-order valence-electron chi connectivity index (χ1n) is 19.0. The van der Waals surface area contributed by atoms with Gasteiger partial charge in [-0.05, 0) is 44.9 Å². The Morgan fingerprint density at radius 3 is 1.67 bits per heavy atom. The molecule has 2 atom stereocenters. The number of ether oxygens (including phenoxy) is 2. The van der Waals surface area contributed by atoms with Crippen LogP contribution in [0.2, 0.25) is 0 Å². The first-order chi connectivity index (χ1) is 23.0. The van der Waals surface area contributed by atoms with E-state index in [4.69, 9.17) is 18.5 Å². The zero-order valence-corrected chi connectivity index (χ0v) is 32.3. The Morgan fingerprint density at radius 1 is 0.646 bits per heavy atom. The Morgan fingerprint density at radius 2 is 1.12 bits per heavy atom. The lowest BCUT2D eigenvalue weighted by molar-refractivity contribution is -0.870. The van der Waals surface area contributed by atoms with Crippen molar-refractivity contribution in [2.24, 2.45) is 0 Å². The van der Waals surface area contributed by atoms with Crippen molar-refractivity contribution in [2.75, 3.05) is 47.5 Å². The van der Waals surface area contributed by atoms with Gasteiger partial charge in [-0.25, -0.2) is 0 Å². The topological polar surface area (TPSA) is 111 Å². The van der Waals surface area contributed by atoms with Crippen LogP contribution in [0.3, 0.4) is 0 Å². The van der Waals surface area contributed by atoms with Crippen LogP contribution >= 0.6 is 7.82 Å². The molecular formula is C38H72NO8P. The monoisotopic (exact) mass is 701 g/mol. The molecule has 0 aromatic heterocycles. The van der Waals surface area contributed by atoms with Crippen LogP contribution in [0.25, 0.3) is 0 Å². The minimum absolute atomic E-state index is 0.0316. The normalized spacial score (nSPS) is 14.0. The van der Waals surface area contributed by atoms with Crippen molar-refractivity contribution in [3.05, 3.63) is 24.3 Å². The number of unbranched alkanes of at least 4 members (excludes halogenated alkanes) is 16. The van der Waals surface area contributed by atoms with Crippen LogP contribution in [-0.4, -0.2) is 70.0 Å². The van der Waals surface area contributed by atoms with E-state index in [-0.39, 0.29) is 26.1 Å². The summed E-state index contributed by atoms with van der Waals surface area (Å²) < 4.78 is 33.6. The first kappa shape index (κ1) is 46.5. The predicted molar refractivity (Wildman–Crippen MR) is 194 cm³/mol. The number of hydrogen-bond acceptors (Lipinski definition) is 8. The van der Waals surface area contributed by atoms with Crippen molar-refractivity contribution in [3.8, 4) is 0 Å². The molecule has 0 amide bonds. The van der Waals surface area contributed by atoms with Crippen LogP contribution in [0.1, 0.15) is 155 Å². The first-order valence-corrected chi connectivity index (χ1v) is 20.5. The van der Waals surface area contributed by atoms with E-state index < -0.39 is 32.5 Å². The van der Waals surface area contributed by atoms with Gasteiger partial charge in [0.05, 0.1) is 27.7 Å². The van der Waals surface area contributed by atoms with E-state index in [2.05, 4.69) is 38.2 Å². The Bertz CT molecular complexity index is 886. The fourth-order valence-corrected chi connectivity index (χ4v) is 5.65. The van der Waals surface area contributed by atoms with Crippen LogP contribution in [0.5, 0.6) is 0 Å². The zero-order chi connectivity index (χ0) is 35.8. The number of hydrogen-bond donors (Lipinski definition) is 0. The summed E-state index contributed by atoms with van der Waals surface area (Å²) in [5.74, 6) is -0.854. The summed E-state index contributed by atoms with van der Waals surface area (Å²) in [7, 11) is 1.16. The van der Waals surface area contributed by atoms with Gasteiger partial charge in [0, 0.05) is 12.8 Å². The molecule has 0 bridgehead atoms. The molecule has 0 aliphatic rings. The summed E-state index contributed by atoms with van der Waals surface area (Å²) in [4.78, 5) is 37.1. The van der Waals surface area contributed by atoms with Gasteiger partial charge in [0.2, 0.25) is 0 Å². The molecule has 0 fully saturated rings. The fourth-order valence-electron chi connectivity index (χ4n) is 4.92. The van der Waals surface area contributed by atoms with Gasteiger partial charge in [-0.2, -0.15) is 0 Å². The third-order valence-corrected chi connectivity index (χ3v) is 8.94. The highest BCUT2D eigenvalue weighted by Crippen LogP contribution is 2.38. The number of esters is 2. The summed E-state index contributed by atoms with van der Waals surface area (Å²) >= 11 is 0. The molecule has 10 heteroatoms. The van der Waals surface area contributed by atoms with Crippen molar-refractivity contribution >= 4 is 19.8 Å².